The molecule has 0 unspecified atom stereocenters. The molecular formula is C21H17ClFNO2. The predicted octanol–water partition coefficient (Wildman–Crippen LogP) is 5.24. The van der Waals surface area contributed by atoms with Crippen LogP contribution in [0, 0.1) is 5.82 Å². The molecule has 0 aliphatic heterocycles. The van der Waals surface area contributed by atoms with Crippen molar-refractivity contribution in [2.75, 3.05) is 5.32 Å². The normalized spacial score (nSPS) is 10.4. The number of ether oxygens (including phenoxy) is 1. The van der Waals surface area contributed by atoms with E-state index in [0.717, 1.165) is 5.56 Å². The lowest BCUT2D eigenvalue weighted by Crippen LogP contribution is -2.15. The molecular weight excluding hydrogens is 353 g/mol. The van der Waals surface area contributed by atoms with Gasteiger partial charge in [0.15, 0.2) is 0 Å². The first-order chi connectivity index (χ1) is 12.6. The summed E-state index contributed by atoms with van der Waals surface area (Å²) in [6.07, 6.45) is -0.127. The number of hydrogen-bond acceptors (Lipinski definition) is 2. The first-order valence-corrected chi connectivity index (χ1v) is 8.49. The van der Waals surface area contributed by atoms with Gasteiger partial charge in [0.25, 0.3) is 0 Å². The second-order valence-electron chi connectivity index (χ2n) is 5.72. The number of anilines is 1. The van der Waals surface area contributed by atoms with Crippen LogP contribution in [-0.2, 0) is 17.8 Å². The van der Waals surface area contributed by atoms with Gasteiger partial charge in [-0.2, -0.15) is 0 Å². The van der Waals surface area contributed by atoms with Crippen molar-refractivity contribution in [3.05, 3.63) is 94.8 Å². The standard InChI is InChI=1S/C21H17ClFNO2/c22-19-7-4-8-20(23)18(19)13-21(25)24-16-9-11-17(12-10-16)26-14-15-5-2-1-3-6-15/h1-12H,13-14H2,(H,24,25). The molecule has 0 aliphatic rings. The van der Waals surface area contributed by atoms with E-state index < -0.39 is 5.82 Å². The van der Waals surface area contributed by atoms with Gasteiger partial charge in [0.05, 0.1) is 6.42 Å². The number of rotatable bonds is 6. The van der Waals surface area contributed by atoms with Crippen LogP contribution in [-0.4, -0.2) is 5.91 Å². The lowest BCUT2D eigenvalue weighted by atomic mass is 10.1. The molecule has 0 saturated heterocycles. The van der Waals surface area contributed by atoms with Crippen LogP contribution in [0.5, 0.6) is 5.75 Å². The maximum atomic E-state index is 13.7. The highest BCUT2D eigenvalue weighted by atomic mass is 35.5. The van der Waals surface area contributed by atoms with Crippen molar-refractivity contribution in [3.63, 3.8) is 0 Å². The lowest BCUT2D eigenvalue weighted by Gasteiger charge is -2.09. The van der Waals surface area contributed by atoms with Crippen molar-refractivity contribution in [1.82, 2.24) is 0 Å². The van der Waals surface area contributed by atoms with Gasteiger partial charge < -0.3 is 10.1 Å². The van der Waals surface area contributed by atoms with E-state index in [4.69, 9.17) is 16.3 Å². The molecule has 26 heavy (non-hydrogen) atoms. The molecule has 5 heteroatoms. The van der Waals surface area contributed by atoms with Gasteiger partial charge in [0.1, 0.15) is 18.2 Å². The fraction of sp³-hybridized carbons (Fsp3) is 0.0952. The predicted molar refractivity (Wildman–Crippen MR) is 101 cm³/mol. The highest BCUT2D eigenvalue weighted by molar-refractivity contribution is 6.31. The minimum atomic E-state index is -0.489. The average Bonchev–Trinajstić information content (AvgIpc) is 2.65. The van der Waals surface area contributed by atoms with E-state index in [1.54, 1.807) is 30.3 Å². The Morgan fingerprint density at radius 2 is 1.69 bits per heavy atom. The average molecular weight is 370 g/mol. The van der Waals surface area contributed by atoms with Crippen molar-refractivity contribution in [3.8, 4) is 5.75 Å². The number of halogens is 2. The Hall–Kier alpha value is -2.85. The molecule has 132 valence electrons. The van der Waals surface area contributed by atoms with Gasteiger partial charge in [0.2, 0.25) is 5.91 Å². The maximum Gasteiger partial charge on any atom is 0.228 e. The van der Waals surface area contributed by atoms with Crippen molar-refractivity contribution < 1.29 is 13.9 Å². The zero-order valence-electron chi connectivity index (χ0n) is 13.9. The van der Waals surface area contributed by atoms with E-state index in [1.165, 1.54) is 12.1 Å². The molecule has 0 aliphatic carbocycles. The van der Waals surface area contributed by atoms with Crippen LogP contribution in [0.4, 0.5) is 10.1 Å². The summed E-state index contributed by atoms with van der Waals surface area (Å²) in [6, 6.07) is 21.2. The summed E-state index contributed by atoms with van der Waals surface area (Å²) in [6.45, 7) is 0.471. The third-order valence-corrected chi connectivity index (χ3v) is 4.14. The smallest absolute Gasteiger partial charge is 0.228 e. The number of hydrogen-bond donors (Lipinski definition) is 1. The minimum absolute atomic E-state index is 0.127. The van der Waals surface area contributed by atoms with Gasteiger partial charge in [-0.15, -0.1) is 0 Å². The Kier molecular flexibility index (Phi) is 5.87. The second kappa shape index (κ2) is 8.50. The second-order valence-corrected chi connectivity index (χ2v) is 6.13. The first kappa shape index (κ1) is 18.0. The van der Waals surface area contributed by atoms with Crippen LogP contribution in [0.1, 0.15) is 11.1 Å². The molecule has 3 aromatic rings. The minimum Gasteiger partial charge on any atom is -0.489 e. The molecule has 3 nitrogen and oxygen atoms in total. The number of nitrogens with one attached hydrogen (secondary N) is 1. The van der Waals surface area contributed by atoms with E-state index in [0.29, 0.717) is 18.0 Å². The molecule has 0 atom stereocenters. The molecule has 1 amide bonds. The fourth-order valence-corrected chi connectivity index (χ4v) is 2.67. The molecule has 0 bridgehead atoms. The zero-order valence-corrected chi connectivity index (χ0v) is 14.7. The monoisotopic (exact) mass is 369 g/mol. The summed E-state index contributed by atoms with van der Waals surface area (Å²) in [5, 5.41) is 2.97. The largest absolute Gasteiger partial charge is 0.489 e. The number of carbonyl (C=O) groups excluding carboxylic acids is 1. The summed E-state index contributed by atoms with van der Waals surface area (Å²) < 4.78 is 19.4. The third-order valence-electron chi connectivity index (χ3n) is 3.79. The molecule has 0 saturated carbocycles. The van der Waals surface area contributed by atoms with Gasteiger partial charge in [-0.1, -0.05) is 48.0 Å². The van der Waals surface area contributed by atoms with Crippen LogP contribution in [0.25, 0.3) is 0 Å². The Morgan fingerprint density at radius 1 is 0.962 bits per heavy atom. The van der Waals surface area contributed by atoms with Gasteiger partial charge in [-0.25, -0.2) is 4.39 Å². The van der Waals surface area contributed by atoms with Crippen molar-refractivity contribution in [2.45, 2.75) is 13.0 Å². The summed E-state index contributed by atoms with van der Waals surface area (Å²) in [5.41, 5.74) is 1.87. The molecule has 3 aromatic carbocycles. The van der Waals surface area contributed by atoms with Crippen LogP contribution in [0.3, 0.4) is 0 Å². The lowest BCUT2D eigenvalue weighted by molar-refractivity contribution is -0.115. The number of carbonyl (C=O) groups is 1. The molecule has 0 radical (unpaired) electrons. The molecule has 0 heterocycles. The fourth-order valence-electron chi connectivity index (χ4n) is 2.44. The highest BCUT2D eigenvalue weighted by Gasteiger charge is 2.12. The number of benzene rings is 3. The first-order valence-electron chi connectivity index (χ1n) is 8.11. The van der Waals surface area contributed by atoms with E-state index >= 15 is 0 Å². The summed E-state index contributed by atoms with van der Waals surface area (Å²) in [7, 11) is 0. The Labute approximate surface area is 156 Å². The van der Waals surface area contributed by atoms with Gasteiger partial charge >= 0.3 is 0 Å². The van der Waals surface area contributed by atoms with Crippen LogP contribution < -0.4 is 10.1 Å². The maximum absolute atomic E-state index is 13.7. The van der Waals surface area contributed by atoms with Crippen LogP contribution in [0.15, 0.2) is 72.8 Å². The van der Waals surface area contributed by atoms with Crippen LogP contribution in [0.2, 0.25) is 5.02 Å². The highest BCUT2D eigenvalue weighted by Crippen LogP contribution is 2.21. The van der Waals surface area contributed by atoms with E-state index in [9.17, 15) is 9.18 Å². The molecule has 0 fully saturated rings. The van der Waals surface area contributed by atoms with Crippen LogP contribution >= 0.6 is 11.6 Å². The Morgan fingerprint density at radius 3 is 2.38 bits per heavy atom. The number of amides is 1. The topological polar surface area (TPSA) is 38.3 Å². The van der Waals surface area contributed by atoms with Gasteiger partial charge in [-0.05, 0) is 42.0 Å². The molecule has 3 rings (SSSR count). The van der Waals surface area contributed by atoms with E-state index in [1.807, 2.05) is 30.3 Å². The molecule has 0 spiro atoms. The van der Waals surface area contributed by atoms with Gasteiger partial charge in [0, 0.05) is 16.3 Å². The van der Waals surface area contributed by atoms with E-state index in [-0.39, 0.29) is 22.9 Å². The SMILES string of the molecule is O=C(Cc1c(F)cccc1Cl)Nc1ccc(OCc2ccccc2)cc1. The van der Waals surface area contributed by atoms with Crippen molar-refractivity contribution in [2.24, 2.45) is 0 Å². The summed E-state index contributed by atoms with van der Waals surface area (Å²) in [4.78, 5) is 12.1. The van der Waals surface area contributed by atoms with E-state index in [2.05, 4.69) is 5.32 Å². The molecule has 0 aromatic heterocycles. The Bertz CT molecular complexity index is 862. The van der Waals surface area contributed by atoms with Gasteiger partial charge in [-0.3, -0.25) is 4.79 Å². The Balaban J connectivity index is 1.56. The summed E-state index contributed by atoms with van der Waals surface area (Å²) >= 11 is 5.95. The third kappa shape index (κ3) is 4.83. The quantitative estimate of drug-likeness (QED) is 0.645. The summed E-state index contributed by atoms with van der Waals surface area (Å²) in [5.74, 6) is -0.128. The van der Waals surface area contributed by atoms with Crippen molar-refractivity contribution >= 4 is 23.2 Å². The zero-order chi connectivity index (χ0) is 18.4. The van der Waals surface area contributed by atoms with Crippen molar-refractivity contribution in [1.29, 1.82) is 0 Å². The molecule has 1 N–H and O–H groups in total.